The SMILES string of the molecule is CC(CC(=O)O)NC(=O)CCSc1ccc(F)c(F)c1. The second kappa shape index (κ2) is 7.84. The topological polar surface area (TPSA) is 66.4 Å². The van der Waals surface area contributed by atoms with Gasteiger partial charge in [-0.1, -0.05) is 0 Å². The van der Waals surface area contributed by atoms with Crippen LogP contribution >= 0.6 is 11.8 Å². The van der Waals surface area contributed by atoms with E-state index in [4.69, 9.17) is 5.11 Å². The van der Waals surface area contributed by atoms with Crippen LogP contribution in [-0.4, -0.2) is 28.8 Å². The Balaban J connectivity index is 2.31. The van der Waals surface area contributed by atoms with Crippen LogP contribution in [0.2, 0.25) is 0 Å². The summed E-state index contributed by atoms with van der Waals surface area (Å²) in [6.45, 7) is 1.61. The van der Waals surface area contributed by atoms with Gasteiger partial charge in [0, 0.05) is 23.1 Å². The molecule has 1 atom stereocenters. The quantitative estimate of drug-likeness (QED) is 0.759. The fraction of sp³-hybridized carbons (Fsp3) is 0.385. The van der Waals surface area contributed by atoms with Crippen LogP contribution in [0.5, 0.6) is 0 Å². The third-order valence-corrected chi connectivity index (χ3v) is 3.37. The highest BCUT2D eigenvalue weighted by Gasteiger charge is 2.11. The average Bonchev–Trinajstić information content (AvgIpc) is 2.32. The van der Waals surface area contributed by atoms with E-state index in [1.807, 2.05) is 0 Å². The summed E-state index contributed by atoms with van der Waals surface area (Å²) in [6.07, 6.45) is 0.0374. The minimum Gasteiger partial charge on any atom is -0.481 e. The fourth-order valence-electron chi connectivity index (χ4n) is 1.49. The highest BCUT2D eigenvalue weighted by molar-refractivity contribution is 7.99. The van der Waals surface area contributed by atoms with Crippen molar-refractivity contribution >= 4 is 23.6 Å². The number of carbonyl (C=O) groups excluding carboxylic acids is 1. The molecule has 110 valence electrons. The molecule has 0 saturated heterocycles. The van der Waals surface area contributed by atoms with Gasteiger partial charge in [-0.3, -0.25) is 9.59 Å². The second-order valence-electron chi connectivity index (χ2n) is 4.24. The van der Waals surface area contributed by atoms with E-state index in [2.05, 4.69) is 5.32 Å². The second-order valence-corrected chi connectivity index (χ2v) is 5.41. The van der Waals surface area contributed by atoms with E-state index in [0.717, 1.165) is 12.1 Å². The number of carboxylic acids is 1. The molecule has 2 N–H and O–H groups in total. The molecule has 0 heterocycles. The average molecular weight is 303 g/mol. The van der Waals surface area contributed by atoms with Crippen molar-refractivity contribution in [1.29, 1.82) is 0 Å². The Hall–Kier alpha value is -1.63. The van der Waals surface area contributed by atoms with Crippen LogP contribution < -0.4 is 5.32 Å². The van der Waals surface area contributed by atoms with Crippen molar-refractivity contribution in [3.63, 3.8) is 0 Å². The van der Waals surface area contributed by atoms with Gasteiger partial charge >= 0.3 is 5.97 Å². The van der Waals surface area contributed by atoms with E-state index in [-0.39, 0.29) is 18.7 Å². The van der Waals surface area contributed by atoms with E-state index >= 15 is 0 Å². The summed E-state index contributed by atoms with van der Waals surface area (Å²) in [5.41, 5.74) is 0. The number of hydrogen-bond acceptors (Lipinski definition) is 3. The molecule has 0 bridgehead atoms. The molecule has 0 aliphatic rings. The third kappa shape index (κ3) is 6.01. The molecule has 0 fully saturated rings. The van der Waals surface area contributed by atoms with E-state index in [0.29, 0.717) is 10.6 Å². The van der Waals surface area contributed by atoms with Gasteiger partial charge < -0.3 is 10.4 Å². The monoisotopic (exact) mass is 303 g/mol. The first-order valence-corrected chi connectivity index (χ1v) is 6.96. The number of aliphatic carboxylic acids is 1. The summed E-state index contributed by atoms with van der Waals surface area (Å²) in [5.74, 6) is -2.68. The molecule has 1 rings (SSSR count). The molecule has 4 nitrogen and oxygen atoms in total. The van der Waals surface area contributed by atoms with Crippen LogP contribution in [0.4, 0.5) is 8.78 Å². The van der Waals surface area contributed by atoms with Gasteiger partial charge in [0.15, 0.2) is 11.6 Å². The number of amides is 1. The number of nitrogens with one attached hydrogen (secondary N) is 1. The third-order valence-electron chi connectivity index (χ3n) is 2.38. The molecule has 1 amide bonds. The number of carbonyl (C=O) groups is 2. The van der Waals surface area contributed by atoms with E-state index < -0.39 is 23.6 Å². The summed E-state index contributed by atoms with van der Waals surface area (Å²) in [7, 11) is 0. The predicted molar refractivity (Wildman–Crippen MR) is 71.6 cm³/mol. The van der Waals surface area contributed by atoms with Crippen molar-refractivity contribution in [2.24, 2.45) is 0 Å². The molecule has 0 aliphatic heterocycles. The van der Waals surface area contributed by atoms with Gasteiger partial charge in [-0.05, 0) is 25.1 Å². The van der Waals surface area contributed by atoms with E-state index in [1.165, 1.54) is 17.8 Å². The summed E-state index contributed by atoms with van der Waals surface area (Å²) in [5, 5.41) is 11.1. The zero-order chi connectivity index (χ0) is 15.1. The Labute approximate surface area is 119 Å². The lowest BCUT2D eigenvalue weighted by atomic mass is 10.2. The molecule has 0 saturated carbocycles. The van der Waals surface area contributed by atoms with Gasteiger partial charge in [-0.25, -0.2) is 8.78 Å². The molecule has 0 aromatic heterocycles. The molecule has 0 radical (unpaired) electrons. The largest absolute Gasteiger partial charge is 0.481 e. The number of thioether (sulfide) groups is 1. The Morgan fingerprint density at radius 1 is 1.35 bits per heavy atom. The van der Waals surface area contributed by atoms with E-state index in [1.54, 1.807) is 6.92 Å². The minimum atomic E-state index is -0.978. The molecule has 0 aliphatic carbocycles. The zero-order valence-corrected chi connectivity index (χ0v) is 11.7. The first kappa shape index (κ1) is 16.4. The molecule has 1 aromatic carbocycles. The van der Waals surface area contributed by atoms with Gasteiger partial charge in [0.05, 0.1) is 6.42 Å². The summed E-state index contributed by atoms with van der Waals surface area (Å²) >= 11 is 1.23. The maximum atomic E-state index is 12.9. The van der Waals surface area contributed by atoms with E-state index in [9.17, 15) is 18.4 Å². The Morgan fingerprint density at radius 3 is 2.65 bits per heavy atom. The van der Waals surface area contributed by atoms with Gasteiger partial charge in [-0.15, -0.1) is 11.8 Å². The molecular weight excluding hydrogens is 288 g/mol. The van der Waals surface area contributed by atoms with Crippen LogP contribution in [0.3, 0.4) is 0 Å². The van der Waals surface area contributed by atoms with Gasteiger partial charge in [0.25, 0.3) is 0 Å². The van der Waals surface area contributed by atoms with Crippen molar-refractivity contribution in [3.05, 3.63) is 29.8 Å². The van der Waals surface area contributed by atoms with Crippen LogP contribution in [0.15, 0.2) is 23.1 Å². The highest BCUT2D eigenvalue weighted by atomic mass is 32.2. The Bertz CT molecular complexity index is 497. The maximum absolute atomic E-state index is 12.9. The summed E-state index contributed by atoms with van der Waals surface area (Å²) in [4.78, 5) is 22.5. The maximum Gasteiger partial charge on any atom is 0.305 e. The van der Waals surface area contributed by atoms with Crippen LogP contribution in [0.1, 0.15) is 19.8 Å². The zero-order valence-electron chi connectivity index (χ0n) is 10.9. The van der Waals surface area contributed by atoms with Gasteiger partial charge in [-0.2, -0.15) is 0 Å². The Morgan fingerprint density at radius 2 is 2.05 bits per heavy atom. The van der Waals surface area contributed by atoms with Gasteiger partial charge in [0.2, 0.25) is 5.91 Å². The normalized spacial score (nSPS) is 11.9. The lowest BCUT2D eigenvalue weighted by Crippen LogP contribution is -2.34. The molecule has 1 aromatic rings. The fourth-order valence-corrected chi connectivity index (χ4v) is 2.36. The highest BCUT2D eigenvalue weighted by Crippen LogP contribution is 2.20. The number of benzene rings is 1. The van der Waals surface area contributed by atoms with Crippen molar-refractivity contribution < 1.29 is 23.5 Å². The summed E-state index contributed by atoms with van der Waals surface area (Å²) in [6, 6.07) is 3.11. The standard InChI is InChI=1S/C13H15F2NO3S/c1-8(6-13(18)19)16-12(17)4-5-20-9-2-3-10(14)11(15)7-9/h2-3,7-8H,4-6H2,1H3,(H,16,17)(H,18,19). The Kier molecular flexibility index (Phi) is 6.44. The van der Waals surface area contributed by atoms with Crippen LogP contribution in [0, 0.1) is 11.6 Å². The smallest absolute Gasteiger partial charge is 0.305 e. The number of hydrogen-bond donors (Lipinski definition) is 2. The number of halogens is 2. The molecule has 20 heavy (non-hydrogen) atoms. The van der Waals surface area contributed by atoms with Crippen molar-refractivity contribution in [2.45, 2.75) is 30.7 Å². The van der Waals surface area contributed by atoms with Crippen molar-refractivity contribution in [2.75, 3.05) is 5.75 Å². The van der Waals surface area contributed by atoms with Crippen molar-refractivity contribution in [1.82, 2.24) is 5.32 Å². The lowest BCUT2D eigenvalue weighted by molar-refractivity contribution is -0.137. The molecule has 7 heteroatoms. The molecule has 0 spiro atoms. The van der Waals surface area contributed by atoms with Crippen LogP contribution in [0.25, 0.3) is 0 Å². The lowest BCUT2D eigenvalue weighted by Gasteiger charge is -2.11. The van der Waals surface area contributed by atoms with Gasteiger partial charge in [0.1, 0.15) is 0 Å². The first-order chi connectivity index (χ1) is 9.38. The molecular formula is C13H15F2NO3S. The minimum absolute atomic E-state index is 0.137. The number of rotatable bonds is 7. The number of carboxylic acid groups (broad SMARTS) is 1. The molecule has 1 unspecified atom stereocenters. The summed E-state index contributed by atoms with van der Waals surface area (Å²) < 4.78 is 25.6. The van der Waals surface area contributed by atoms with Crippen molar-refractivity contribution in [3.8, 4) is 0 Å². The first-order valence-electron chi connectivity index (χ1n) is 5.97. The van der Waals surface area contributed by atoms with Crippen LogP contribution in [-0.2, 0) is 9.59 Å². The predicted octanol–water partition coefficient (Wildman–Crippen LogP) is 2.43.